The number of nitrogens with one attached hydrogen (secondary N) is 1. The van der Waals surface area contributed by atoms with Crippen LogP contribution in [0.5, 0.6) is 0 Å². The molecule has 2 aromatic rings. The van der Waals surface area contributed by atoms with Gasteiger partial charge in [0.05, 0.1) is 5.69 Å². The number of anilines is 1. The number of thiazole rings is 1. The maximum absolute atomic E-state index is 12.4. The predicted molar refractivity (Wildman–Crippen MR) is 102 cm³/mol. The van der Waals surface area contributed by atoms with E-state index < -0.39 is 18.1 Å². The molecule has 1 heterocycles. The fourth-order valence-corrected chi connectivity index (χ4v) is 3.18. The van der Waals surface area contributed by atoms with Gasteiger partial charge < -0.3 is 15.4 Å². The van der Waals surface area contributed by atoms with Gasteiger partial charge in [0.25, 0.3) is 5.91 Å². The number of rotatable bonds is 7. The lowest BCUT2D eigenvalue weighted by Crippen LogP contribution is -2.36. The molecule has 0 aliphatic rings. The van der Waals surface area contributed by atoms with Crippen molar-refractivity contribution in [2.45, 2.75) is 12.5 Å². The van der Waals surface area contributed by atoms with Crippen LogP contribution in [0.1, 0.15) is 6.42 Å². The van der Waals surface area contributed by atoms with Gasteiger partial charge in [0.1, 0.15) is 0 Å². The SMILES string of the molecule is CN(C)CCC(OC(N)=O)C(=O)Nc1nc(-c2cccc(Br)c2)cs1. The van der Waals surface area contributed by atoms with Gasteiger partial charge in [-0.25, -0.2) is 9.78 Å². The summed E-state index contributed by atoms with van der Waals surface area (Å²) >= 11 is 4.72. The lowest BCUT2D eigenvalue weighted by atomic mass is 10.2. The first-order valence-electron chi connectivity index (χ1n) is 7.48. The molecule has 1 aromatic carbocycles. The first kappa shape index (κ1) is 19.4. The zero-order valence-electron chi connectivity index (χ0n) is 13.9. The molecule has 2 rings (SSSR count). The summed E-state index contributed by atoms with van der Waals surface area (Å²) in [7, 11) is 3.73. The molecule has 9 heteroatoms. The van der Waals surface area contributed by atoms with E-state index in [1.165, 1.54) is 11.3 Å². The summed E-state index contributed by atoms with van der Waals surface area (Å²) < 4.78 is 5.86. The van der Waals surface area contributed by atoms with Crippen LogP contribution in [0.2, 0.25) is 0 Å². The molecular formula is C16H19BrN4O3S. The fraction of sp³-hybridized carbons (Fsp3) is 0.312. The number of ether oxygens (including phenoxy) is 1. The number of aromatic nitrogens is 1. The van der Waals surface area contributed by atoms with Crippen molar-refractivity contribution in [2.75, 3.05) is 26.0 Å². The van der Waals surface area contributed by atoms with E-state index in [0.29, 0.717) is 18.1 Å². The van der Waals surface area contributed by atoms with Gasteiger partial charge in [0.2, 0.25) is 0 Å². The molecule has 134 valence electrons. The summed E-state index contributed by atoms with van der Waals surface area (Å²) in [6, 6.07) is 7.71. The second-order valence-corrected chi connectivity index (χ2v) is 7.33. The normalized spacial score (nSPS) is 12.0. The zero-order chi connectivity index (χ0) is 18.4. The highest BCUT2D eigenvalue weighted by Crippen LogP contribution is 2.27. The van der Waals surface area contributed by atoms with Gasteiger partial charge >= 0.3 is 6.09 Å². The number of halogens is 1. The Morgan fingerprint density at radius 2 is 2.20 bits per heavy atom. The highest BCUT2D eigenvalue weighted by Gasteiger charge is 2.23. The predicted octanol–water partition coefficient (Wildman–Crippen LogP) is 2.93. The van der Waals surface area contributed by atoms with Gasteiger partial charge in [0, 0.05) is 28.4 Å². The van der Waals surface area contributed by atoms with Gasteiger partial charge in [0.15, 0.2) is 11.2 Å². The van der Waals surface area contributed by atoms with E-state index in [0.717, 1.165) is 15.7 Å². The molecule has 7 nitrogen and oxygen atoms in total. The van der Waals surface area contributed by atoms with Crippen molar-refractivity contribution in [3.05, 3.63) is 34.1 Å². The number of nitrogens with two attached hydrogens (primary N) is 1. The van der Waals surface area contributed by atoms with E-state index in [9.17, 15) is 9.59 Å². The minimum Gasteiger partial charge on any atom is -0.436 e. The minimum absolute atomic E-state index is 0.339. The molecule has 1 aromatic heterocycles. The number of hydrogen-bond donors (Lipinski definition) is 2. The second-order valence-electron chi connectivity index (χ2n) is 5.55. The highest BCUT2D eigenvalue weighted by atomic mass is 79.9. The average molecular weight is 427 g/mol. The third-order valence-electron chi connectivity index (χ3n) is 3.24. The quantitative estimate of drug-likeness (QED) is 0.708. The third-order valence-corrected chi connectivity index (χ3v) is 4.50. The smallest absolute Gasteiger partial charge is 0.405 e. The molecule has 1 unspecified atom stereocenters. The van der Waals surface area contributed by atoms with Crippen LogP contribution in [0.3, 0.4) is 0 Å². The standard InChI is InChI=1S/C16H19BrN4O3S/c1-21(2)7-6-13(24-15(18)23)14(22)20-16-19-12(9-25-16)10-4-3-5-11(17)8-10/h3-5,8-9,13H,6-7H2,1-2H3,(H2,18,23)(H,19,20,22). The number of hydrogen-bond acceptors (Lipinski definition) is 6. The highest BCUT2D eigenvalue weighted by molar-refractivity contribution is 9.10. The third kappa shape index (κ3) is 6.11. The molecule has 0 aliphatic heterocycles. The summed E-state index contributed by atoms with van der Waals surface area (Å²) in [5, 5.41) is 4.96. The monoisotopic (exact) mass is 426 g/mol. The van der Waals surface area contributed by atoms with Gasteiger partial charge in [-0.1, -0.05) is 28.1 Å². The Morgan fingerprint density at radius 3 is 2.84 bits per heavy atom. The number of primary amides is 1. The summed E-state index contributed by atoms with van der Waals surface area (Å²) in [4.78, 5) is 29.7. The van der Waals surface area contributed by atoms with E-state index in [2.05, 4.69) is 26.2 Å². The van der Waals surface area contributed by atoms with Crippen molar-refractivity contribution in [2.24, 2.45) is 5.73 Å². The Kier molecular flexibility index (Phi) is 6.91. The lowest BCUT2D eigenvalue weighted by molar-refractivity contribution is -0.124. The first-order chi connectivity index (χ1) is 11.8. The number of amides is 2. The van der Waals surface area contributed by atoms with Gasteiger partial charge in [-0.15, -0.1) is 11.3 Å². The van der Waals surface area contributed by atoms with Gasteiger partial charge in [-0.2, -0.15) is 0 Å². The van der Waals surface area contributed by atoms with Crippen LogP contribution >= 0.6 is 27.3 Å². The van der Waals surface area contributed by atoms with Crippen LogP contribution in [0, 0.1) is 0 Å². The summed E-state index contributed by atoms with van der Waals surface area (Å²) in [6.07, 6.45) is -1.60. The molecule has 0 saturated carbocycles. The molecule has 2 amide bonds. The average Bonchev–Trinajstić information content (AvgIpc) is 2.99. The number of carbonyl (C=O) groups excluding carboxylic acids is 2. The molecule has 0 saturated heterocycles. The largest absolute Gasteiger partial charge is 0.436 e. The minimum atomic E-state index is -0.979. The van der Waals surface area contributed by atoms with Crippen LogP contribution in [0.15, 0.2) is 34.1 Å². The van der Waals surface area contributed by atoms with Crippen molar-refractivity contribution >= 4 is 44.4 Å². The summed E-state index contributed by atoms with van der Waals surface area (Å²) in [5.41, 5.74) is 6.74. The molecule has 25 heavy (non-hydrogen) atoms. The van der Waals surface area contributed by atoms with Crippen LogP contribution in [0.4, 0.5) is 9.93 Å². The Hall–Kier alpha value is -1.97. The zero-order valence-corrected chi connectivity index (χ0v) is 16.3. The fourth-order valence-electron chi connectivity index (χ4n) is 2.06. The Labute approximate surface area is 158 Å². The molecule has 0 aliphatic carbocycles. The van der Waals surface area contributed by atoms with Crippen LogP contribution < -0.4 is 11.1 Å². The lowest BCUT2D eigenvalue weighted by Gasteiger charge is -2.17. The van der Waals surface area contributed by atoms with E-state index >= 15 is 0 Å². The number of benzene rings is 1. The van der Waals surface area contributed by atoms with Crippen molar-refractivity contribution in [1.82, 2.24) is 9.88 Å². The second kappa shape index (κ2) is 8.93. The van der Waals surface area contributed by atoms with Crippen LogP contribution in [-0.2, 0) is 9.53 Å². The first-order valence-corrected chi connectivity index (χ1v) is 9.15. The van der Waals surface area contributed by atoms with E-state index in [1.807, 2.05) is 48.6 Å². The van der Waals surface area contributed by atoms with Crippen molar-refractivity contribution in [3.8, 4) is 11.3 Å². The van der Waals surface area contributed by atoms with Gasteiger partial charge in [-0.05, 0) is 26.2 Å². The maximum atomic E-state index is 12.4. The molecule has 1 atom stereocenters. The maximum Gasteiger partial charge on any atom is 0.405 e. The summed E-state index contributed by atoms with van der Waals surface area (Å²) in [5.74, 6) is -0.448. The number of carbonyl (C=O) groups is 2. The Morgan fingerprint density at radius 1 is 1.44 bits per heavy atom. The van der Waals surface area contributed by atoms with Crippen LogP contribution in [-0.4, -0.2) is 48.6 Å². The molecule has 0 bridgehead atoms. The topological polar surface area (TPSA) is 97.5 Å². The van der Waals surface area contributed by atoms with E-state index in [1.54, 1.807) is 0 Å². The Balaban J connectivity index is 2.06. The van der Waals surface area contributed by atoms with Gasteiger partial charge in [-0.3, -0.25) is 10.1 Å². The molecule has 3 N–H and O–H groups in total. The number of nitrogens with zero attached hydrogens (tertiary/aromatic N) is 2. The molecule has 0 spiro atoms. The molecule has 0 radical (unpaired) electrons. The molecule has 0 fully saturated rings. The molecular weight excluding hydrogens is 408 g/mol. The Bertz CT molecular complexity index is 750. The summed E-state index contributed by atoms with van der Waals surface area (Å²) in [6.45, 7) is 0.576. The van der Waals surface area contributed by atoms with Crippen LogP contribution in [0.25, 0.3) is 11.3 Å². The van der Waals surface area contributed by atoms with Crippen molar-refractivity contribution < 1.29 is 14.3 Å². The van der Waals surface area contributed by atoms with E-state index in [4.69, 9.17) is 10.5 Å². The van der Waals surface area contributed by atoms with Crippen molar-refractivity contribution in [1.29, 1.82) is 0 Å². The van der Waals surface area contributed by atoms with Crippen molar-refractivity contribution in [3.63, 3.8) is 0 Å². The van der Waals surface area contributed by atoms with E-state index in [-0.39, 0.29) is 0 Å².